The van der Waals surface area contributed by atoms with Crippen molar-refractivity contribution in [1.29, 1.82) is 0 Å². The summed E-state index contributed by atoms with van der Waals surface area (Å²) < 4.78 is 27.1. The van der Waals surface area contributed by atoms with Crippen LogP contribution in [0, 0.1) is 0 Å². The van der Waals surface area contributed by atoms with E-state index < -0.39 is 10.0 Å². The fraction of sp³-hybridized carbons (Fsp3) is 0.222. The molecule has 9 heteroatoms. The molecule has 0 N–H and O–H groups in total. The zero-order valence-corrected chi connectivity index (χ0v) is 16.5. The van der Waals surface area contributed by atoms with Gasteiger partial charge in [-0.25, -0.2) is 13.4 Å². The summed E-state index contributed by atoms with van der Waals surface area (Å²) >= 11 is 11.9. The van der Waals surface area contributed by atoms with Gasteiger partial charge in [0.2, 0.25) is 15.3 Å². The van der Waals surface area contributed by atoms with Crippen LogP contribution < -0.4 is 4.90 Å². The average molecular weight is 423 g/mol. The van der Waals surface area contributed by atoms with E-state index in [2.05, 4.69) is 9.97 Å². The number of piperazine rings is 1. The molecule has 1 aliphatic rings. The molecule has 0 spiro atoms. The maximum Gasteiger partial charge on any atom is 0.243 e. The number of benzene rings is 2. The lowest BCUT2D eigenvalue weighted by atomic mass is 10.2. The van der Waals surface area contributed by atoms with E-state index in [1.54, 1.807) is 12.1 Å². The first-order chi connectivity index (χ1) is 12.9. The molecule has 0 aliphatic carbocycles. The SMILES string of the molecule is O=S(=O)(c1ccc(Cl)cc1)N1CCN(c2nc(Cl)nc3ccccc23)CC1. The zero-order chi connectivity index (χ0) is 19.0. The molecule has 0 bridgehead atoms. The first kappa shape index (κ1) is 18.4. The summed E-state index contributed by atoms with van der Waals surface area (Å²) in [5.74, 6) is 0.731. The van der Waals surface area contributed by atoms with Crippen LogP contribution in [0.1, 0.15) is 0 Å². The molecule has 0 amide bonds. The van der Waals surface area contributed by atoms with Crippen molar-refractivity contribution < 1.29 is 8.42 Å². The Labute approximate surface area is 167 Å². The molecule has 0 radical (unpaired) electrons. The Morgan fingerprint density at radius 1 is 0.852 bits per heavy atom. The summed E-state index contributed by atoms with van der Waals surface area (Å²) in [4.78, 5) is 10.9. The van der Waals surface area contributed by atoms with Crippen molar-refractivity contribution in [3.8, 4) is 0 Å². The van der Waals surface area contributed by atoms with E-state index in [9.17, 15) is 8.42 Å². The van der Waals surface area contributed by atoms with Gasteiger partial charge in [0.25, 0.3) is 0 Å². The number of fused-ring (bicyclic) bond motifs is 1. The monoisotopic (exact) mass is 422 g/mol. The van der Waals surface area contributed by atoms with Crippen molar-refractivity contribution in [1.82, 2.24) is 14.3 Å². The van der Waals surface area contributed by atoms with Crippen LogP contribution in [0.15, 0.2) is 53.4 Å². The maximum absolute atomic E-state index is 12.8. The van der Waals surface area contributed by atoms with Crippen molar-refractivity contribution in [2.75, 3.05) is 31.1 Å². The maximum atomic E-state index is 12.8. The van der Waals surface area contributed by atoms with Crippen LogP contribution in [0.2, 0.25) is 10.3 Å². The summed E-state index contributed by atoms with van der Waals surface area (Å²) in [6.07, 6.45) is 0. The van der Waals surface area contributed by atoms with Crippen molar-refractivity contribution >= 4 is 49.9 Å². The minimum Gasteiger partial charge on any atom is -0.353 e. The lowest BCUT2D eigenvalue weighted by molar-refractivity contribution is 0.384. The van der Waals surface area contributed by atoms with Gasteiger partial charge in [-0.15, -0.1) is 0 Å². The van der Waals surface area contributed by atoms with E-state index in [1.807, 2.05) is 29.2 Å². The molecule has 2 heterocycles. The topological polar surface area (TPSA) is 66.4 Å². The molecule has 1 saturated heterocycles. The highest BCUT2D eigenvalue weighted by atomic mass is 35.5. The highest BCUT2D eigenvalue weighted by Gasteiger charge is 2.29. The molecule has 0 atom stereocenters. The summed E-state index contributed by atoms with van der Waals surface area (Å²) in [7, 11) is -3.55. The van der Waals surface area contributed by atoms with E-state index in [0.29, 0.717) is 31.2 Å². The molecule has 0 saturated carbocycles. The number of anilines is 1. The predicted octanol–water partition coefficient (Wildman–Crippen LogP) is 3.45. The molecule has 1 aromatic heterocycles. The molecule has 27 heavy (non-hydrogen) atoms. The number of para-hydroxylation sites is 1. The zero-order valence-electron chi connectivity index (χ0n) is 14.2. The van der Waals surface area contributed by atoms with Gasteiger partial charge in [0.05, 0.1) is 10.4 Å². The number of nitrogens with zero attached hydrogens (tertiary/aromatic N) is 4. The molecule has 6 nitrogen and oxygen atoms in total. The van der Waals surface area contributed by atoms with Crippen molar-refractivity contribution in [3.05, 3.63) is 58.8 Å². The third-order valence-electron chi connectivity index (χ3n) is 4.55. The number of halogens is 2. The third kappa shape index (κ3) is 3.60. The second kappa shape index (κ2) is 7.24. The standard InChI is InChI=1S/C18H16Cl2N4O2S/c19-13-5-7-14(8-6-13)27(25,26)24-11-9-23(10-12-24)17-15-3-1-2-4-16(15)21-18(20)22-17/h1-8H,9-12H2. The number of sulfonamides is 1. The Hall–Kier alpha value is -1.93. The van der Waals surface area contributed by atoms with Gasteiger partial charge < -0.3 is 4.90 Å². The van der Waals surface area contributed by atoms with Crippen LogP contribution in [0.3, 0.4) is 0 Å². The van der Waals surface area contributed by atoms with Crippen LogP contribution in [0.4, 0.5) is 5.82 Å². The Bertz CT molecular complexity index is 1080. The van der Waals surface area contributed by atoms with Crippen molar-refractivity contribution in [3.63, 3.8) is 0 Å². The molecule has 1 fully saturated rings. The van der Waals surface area contributed by atoms with Crippen LogP contribution in [0.5, 0.6) is 0 Å². The molecule has 1 aliphatic heterocycles. The van der Waals surface area contributed by atoms with Crippen LogP contribution in [-0.4, -0.2) is 48.9 Å². The second-order valence-electron chi connectivity index (χ2n) is 6.18. The average Bonchev–Trinajstić information content (AvgIpc) is 2.68. The lowest BCUT2D eigenvalue weighted by Crippen LogP contribution is -2.49. The van der Waals surface area contributed by atoms with Crippen molar-refractivity contribution in [2.45, 2.75) is 4.90 Å². The number of hydrogen-bond acceptors (Lipinski definition) is 5. The van der Waals surface area contributed by atoms with Crippen LogP contribution in [-0.2, 0) is 10.0 Å². The predicted molar refractivity (Wildman–Crippen MR) is 107 cm³/mol. The van der Waals surface area contributed by atoms with E-state index in [1.165, 1.54) is 16.4 Å². The van der Waals surface area contributed by atoms with E-state index in [4.69, 9.17) is 23.2 Å². The largest absolute Gasteiger partial charge is 0.353 e. The molecule has 4 rings (SSSR count). The van der Waals surface area contributed by atoms with Gasteiger partial charge in [-0.1, -0.05) is 23.7 Å². The minimum atomic E-state index is -3.55. The fourth-order valence-electron chi connectivity index (χ4n) is 3.17. The highest BCUT2D eigenvalue weighted by Crippen LogP contribution is 2.27. The van der Waals surface area contributed by atoms with Gasteiger partial charge >= 0.3 is 0 Å². The lowest BCUT2D eigenvalue weighted by Gasteiger charge is -2.35. The van der Waals surface area contributed by atoms with Gasteiger partial charge in [0.1, 0.15) is 5.82 Å². The van der Waals surface area contributed by atoms with E-state index >= 15 is 0 Å². The van der Waals surface area contributed by atoms with Gasteiger partial charge in [0, 0.05) is 36.6 Å². The Kier molecular flexibility index (Phi) is 4.94. The van der Waals surface area contributed by atoms with Crippen molar-refractivity contribution in [2.24, 2.45) is 0 Å². The summed E-state index contributed by atoms with van der Waals surface area (Å²) in [6.45, 7) is 1.76. The first-order valence-corrected chi connectivity index (χ1v) is 10.6. The number of rotatable bonds is 3. The normalized spacial score (nSPS) is 16.0. The van der Waals surface area contributed by atoms with Crippen LogP contribution >= 0.6 is 23.2 Å². The first-order valence-electron chi connectivity index (χ1n) is 8.38. The Morgan fingerprint density at radius 3 is 2.22 bits per heavy atom. The Morgan fingerprint density at radius 2 is 1.52 bits per heavy atom. The van der Waals surface area contributed by atoms with Gasteiger partial charge in [0.15, 0.2) is 0 Å². The third-order valence-corrected chi connectivity index (χ3v) is 6.88. The molecule has 3 aromatic rings. The van der Waals surface area contributed by atoms with E-state index in [-0.39, 0.29) is 10.2 Å². The van der Waals surface area contributed by atoms with E-state index in [0.717, 1.165) is 16.7 Å². The smallest absolute Gasteiger partial charge is 0.243 e. The molecule has 2 aromatic carbocycles. The summed E-state index contributed by atoms with van der Waals surface area (Å²) in [5, 5.41) is 1.59. The van der Waals surface area contributed by atoms with Crippen LogP contribution in [0.25, 0.3) is 10.9 Å². The number of hydrogen-bond donors (Lipinski definition) is 0. The fourth-order valence-corrected chi connectivity index (χ4v) is 4.89. The summed E-state index contributed by atoms with van der Waals surface area (Å²) in [6, 6.07) is 13.9. The second-order valence-corrected chi connectivity index (χ2v) is 8.89. The highest BCUT2D eigenvalue weighted by molar-refractivity contribution is 7.89. The minimum absolute atomic E-state index is 0.180. The molecule has 0 unspecified atom stereocenters. The summed E-state index contributed by atoms with van der Waals surface area (Å²) in [5.41, 5.74) is 0.767. The molecule has 140 valence electrons. The number of aromatic nitrogens is 2. The van der Waals surface area contributed by atoms with Gasteiger partial charge in [-0.3, -0.25) is 0 Å². The quantitative estimate of drug-likeness (QED) is 0.604. The molecular weight excluding hydrogens is 407 g/mol. The van der Waals surface area contributed by atoms with Gasteiger partial charge in [-0.2, -0.15) is 9.29 Å². The molecular formula is C18H16Cl2N4O2S. The Balaban J connectivity index is 1.57. The van der Waals surface area contributed by atoms with Gasteiger partial charge in [-0.05, 0) is 48.0 Å².